The number of hydrogen-bond donors (Lipinski definition) is 2. The summed E-state index contributed by atoms with van der Waals surface area (Å²) < 4.78 is 6.59. The smallest absolute Gasteiger partial charge is 0.309 e. The first-order chi connectivity index (χ1) is 12.2. The van der Waals surface area contributed by atoms with Crippen LogP contribution >= 0.6 is 22.7 Å². The minimum Gasteiger partial charge on any atom is -0.383 e. The van der Waals surface area contributed by atoms with Gasteiger partial charge in [0.2, 0.25) is 4.96 Å². The molecule has 0 bridgehead atoms. The van der Waals surface area contributed by atoms with E-state index in [-0.39, 0.29) is 0 Å². The molecule has 3 heterocycles. The molecular formula is C15H17N5O3S2. The van der Waals surface area contributed by atoms with Gasteiger partial charge in [0.1, 0.15) is 0 Å². The van der Waals surface area contributed by atoms with Gasteiger partial charge in [0, 0.05) is 32.0 Å². The number of carbonyl (C=O) groups excluding carboxylic acids is 2. The van der Waals surface area contributed by atoms with Crippen LogP contribution in [0.25, 0.3) is 15.7 Å². The molecule has 0 spiro atoms. The number of methoxy groups -OCH3 is 1. The largest absolute Gasteiger partial charge is 0.383 e. The van der Waals surface area contributed by atoms with E-state index < -0.39 is 11.8 Å². The number of nitrogens with zero attached hydrogens (tertiary/aromatic N) is 3. The summed E-state index contributed by atoms with van der Waals surface area (Å²) in [6.07, 6.45) is 0.560. The quantitative estimate of drug-likeness (QED) is 0.470. The van der Waals surface area contributed by atoms with Gasteiger partial charge in [-0.2, -0.15) is 4.98 Å². The lowest BCUT2D eigenvalue weighted by atomic mass is 10.3. The van der Waals surface area contributed by atoms with Crippen LogP contribution in [0.15, 0.2) is 22.9 Å². The number of carbonyl (C=O) groups is 2. The molecule has 0 aliphatic heterocycles. The number of fused-ring (bicyclic) bond motifs is 1. The second kappa shape index (κ2) is 8.19. The topological polar surface area (TPSA) is 97.6 Å². The fraction of sp³-hybridized carbons (Fsp3) is 0.333. The van der Waals surface area contributed by atoms with Gasteiger partial charge in [-0.15, -0.1) is 27.8 Å². The number of ether oxygens (including phenoxy) is 1. The molecule has 132 valence electrons. The Morgan fingerprint density at radius 3 is 2.76 bits per heavy atom. The number of thiophene rings is 1. The number of aromatic nitrogens is 3. The zero-order valence-electron chi connectivity index (χ0n) is 13.5. The van der Waals surface area contributed by atoms with Crippen LogP contribution in [0.5, 0.6) is 0 Å². The second-order valence-corrected chi connectivity index (χ2v) is 6.87. The van der Waals surface area contributed by atoms with E-state index in [0.717, 1.165) is 15.5 Å². The summed E-state index contributed by atoms with van der Waals surface area (Å²) in [7, 11) is 1.53. The molecule has 0 aliphatic carbocycles. The van der Waals surface area contributed by atoms with Crippen molar-refractivity contribution in [3.05, 3.63) is 28.6 Å². The lowest BCUT2D eigenvalue weighted by Crippen LogP contribution is -2.41. The van der Waals surface area contributed by atoms with Crippen LogP contribution in [0.4, 0.5) is 0 Å². The van der Waals surface area contributed by atoms with Gasteiger partial charge in [-0.1, -0.05) is 6.07 Å². The molecule has 8 nitrogen and oxygen atoms in total. The van der Waals surface area contributed by atoms with Gasteiger partial charge in [-0.05, 0) is 11.4 Å². The lowest BCUT2D eigenvalue weighted by molar-refractivity contribution is -0.139. The highest BCUT2D eigenvalue weighted by atomic mass is 32.1. The summed E-state index contributed by atoms with van der Waals surface area (Å²) in [4.78, 5) is 29.6. The van der Waals surface area contributed by atoms with Gasteiger partial charge in [0.05, 0.1) is 17.2 Å². The first-order valence-electron chi connectivity index (χ1n) is 7.61. The van der Waals surface area contributed by atoms with Crippen molar-refractivity contribution < 1.29 is 14.3 Å². The van der Waals surface area contributed by atoms with E-state index in [1.807, 2.05) is 22.9 Å². The molecule has 2 amide bonds. The van der Waals surface area contributed by atoms with Gasteiger partial charge < -0.3 is 15.4 Å². The first-order valence-corrected chi connectivity index (χ1v) is 9.37. The summed E-state index contributed by atoms with van der Waals surface area (Å²) in [5.41, 5.74) is 0.940. The molecule has 3 aromatic heterocycles. The van der Waals surface area contributed by atoms with Crippen molar-refractivity contribution in [1.29, 1.82) is 0 Å². The Labute approximate surface area is 151 Å². The standard InChI is InChI=1S/C15H17N5O3S2/c1-23-7-6-17-14(22)13(21)16-5-4-10-9-25-15-18-12(19-20(10)15)11-3-2-8-24-11/h2-3,8-9H,4-7H2,1H3,(H,16,21)(H,17,22). The van der Waals surface area contributed by atoms with E-state index in [1.54, 1.807) is 15.9 Å². The highest BCUT2D eigenvalue weighted by Crippen LogP contribution is 2.24. The van der Waals surface area contributed by atoms with E-state index in [9.17, 15) is 9.59 Å². The Kier molecular flexibility index (Phi) is 5.74. The Hall–Kier alpha value is -2.30. The number of amides is 2. The third-order valence-electron chi connectivity index (χ3n) is 3.36. The van der Waals surface area contributed by atoms with Crippen LogP contribution in [-0.2, 0) is 20.7 Å². The number of hydrogen-bond acceptors (Lipinski definition) is 7. The molecule has 0 atom stereocenters. The highest BCUT2D eigenvalue weighted by Gasteiger charge is 2.14. The van der Waals surface area contributed by atoms with Crippen molar-refractivity contribution in [3.63, 3.8) is 0 Å². The molecule has 2 N–H and O–H groups in total. The predicted molar refractivity (Wildman–Crippen MR) is 95.8 cm³/mol. The second-order valence-electron chi connectivity index (χ2n) is 5.09. The van der Waals surface area contributed by atoms with Crippen LogP contribution in [0, 0.1) is 0 Å². The summed E-state index contributed by atoms with van der Waals surface area (Å²) in [6, 6.07) is 3.94. The zero-order chi connectivity index (χ0) is 17.6. The fourth-order valence-electron chi connectivity index (χ4n) is 2.14. The monoisotopic (exact) mass is 379 g/mol. The Balaban J connectivity index is 1.55. The molecule has 3 aromatic rings. The summed E-state index contributed by atoms with van der Waals surface area (Å²) in [5.74, 6) is -0.613. The number of nitrogens with one attached hydrogen (secondary N) is 2. The molecule has 0 radical (unpaired) electrons. The molecule has 3 rings (SSSR count). The Morgan fingerprint density at radius 1 is 1.24 bits per heavy atom. The molecular weight excluding hydrogens is 362 g/mol. The van der Waals surface area contributed by atoms with Crippen molar-refractivity contribution in [2.45, 2.75) is 6.42 Å². The van der Waals surface area contributed by atoms with Crippen LogP contribution in [0.3, 0.4) is 0 Å². The summed E-state index contributed by atoms with van der Waals surface area (Å²) >= 11 is 3.09. The maximum absolute atomic E-state index is 11.7. The van der Waals surface area contributed by atoms with Crippen molar-refractivity contribution >= 4 is 39.4 Å². The van der Waals surface area contributed by atoms with E-state index in [2.05, 4.69) is 20.7 Å². The molecule has 0 saturated carbocycles. The van der Waals surface area contributed by atoms with E-state index in [4.69, 9.17) is 4.74 Å². The predicted octanol–water partition coefficient (Wildman–Crippen LogP) is 0.941. The van der Waals surface area contributed by atoms with E-state index >= 15 is 0 Å². The van der Waals surface area contributed by atoms with Crippen LogP contribution < -0.4 is 10.6 Å². The third kappa shape index (κ3) is 4.21. The Bertz CT molecular complexity index is 856. The van der Waals surface area contributed by atoms with Gasteiger partial charge >= 0.3 is 11.8 Å². The van der Waals surface area contributed by atoms with Crippen molar-refractivity contribution in [2.75, 3.05) is 26.8 Å². The average molecular weight is 379 g/mol. The third-order valence-corrected chi connectivity index (χ3v) is 5.09. The van der Waals surface area contributed by atoms with Crippen LogP contribution in [-0.4, -0.2) is 53.2 Å². The molecule has 25 heavy (non-hydrogen) atoms. The summed E-state index contributed by atoms with van der Waals surface area (Å²) in [5, 5.41) is 13.5. The van der Waals surface area contributed by atoms with Crippen molar-refractivity contribution in [2.24, 2.45) is 0 Å². The van der Waals surface area contributed by atoms with E-state index in [1.165, 1.54) is 18.4 Å². The van der Waals surface area contributed by atoms with Crippen LogP contribution in [0.2, 0.25) is 0 Å². The maximum Gasteiger partial charge on any atom is 0.309 e. The van der Waals surface area contributed by atoms with Crippen molar-refractivity contribution in [3.8, 4) is 10.7 Å². The lowest BCUT2D eigenvalue weighted by Gasteiger charge is -2.05. The number of rotatable bonds is 7. The normalized spacial score (nSPS) is 10.9. The first kappa shape index (κ1) is 17.5. The van der Waals surface area contributed by atoms with Gasteiger partial charge in [0.25, 0.3) is 0 Å². The molecule has 10 heteroatoms. The average Bonchev–Trinajstić information content (AvgIpc) is 3.32. The molecule has 0 aliphatic rings. The molecule has 0 fully saturated rings. The van der Waals surface area contributed by atoms with Gasteiger partial charge in [-0.25, -0.2) is 4.52 Å². The van der Waals surface area contributed by atoms with E-state index in [0.29, 0.717) is 31.9 Å². The van der Waals surface area contributed by atoms with Gasteiger partial charge in [0.15, 0.2) is 5.82 Å². The molecule has 0 unspecified atom stereocenters. The maximum atomic E-state index is 11.7. The highest BCUT2D eigenvalue weighted by molar-refractivity contribution is 7.15. The molecule has 0 saturated heterocycles. The summed E-state index contributed by atoms with van der Waals surface area (Å²) in [6.45, 7) is 1.01. The number of thiazole rings is 1. The Morgan fingerprint density at radius 2 is 2.04 bits per heavy atom. The molecule has 0 aromatic carbocycles. The fourth-order valence-corrected chi connectivity index (χ4v) is 3.65. The van der Waals surface area contributed by atoms with Gasteiger partial charge in [-0.3, -0.25) is 9.59 Å². The minimum atomic E-state index is -0.659. The minimum absolute atomic E-state index is 0.304. The zero-order valence-corrected chi connectivity index (χ0v) is 15.2. The van der Waals surface area contributed by atoms with Crippen molar-refractivity contribution in [1.82, 2.24) is 25.2 Å². The van der Waals surface area contributed by atoms with Crippen LogP contribution in [0.1, 0.15) is 5.69 Å². The SMILES string of the molecule is COCCNC(=O)C(=O)NCCc1csc2nc(-c3cccs3)nn12.